The van der Waals surface area contributed by atoms with Crippen LogP contribution in [0.3, 0.4) is 0 Å². The molecule has 0 amide bonds. The van der Waals surface area contributed by atoms with E-state index in [-0.39, 0.29) is 5.88 Å². The zero-order valence-corrected chi connectivity index (χ0v) is 12.0. The van der Waals surface area contributed by atoms with Crippen molar-refractivity contribution < 1.29 is 23.1 Å². The van der Waals surface area contributed by atoms with Crippen molar-refractivity contribution in [3.05, 3.63) is 53.2 Å². The molecule has 1 aliphatic rings. The van der Waals surface area contributed by atoms with Gasteiger partial charge in [0, 0.05) is 17.8 Å². The number of halogens is 3. The van der Waals surface area contributed by atoms with Crippen LogP contribution in [0, 0.1) is 0 Å². The van der Waals surface area contributed by atoms with Gasteiger partial charge in [-0.05, 0) is 43.0 Å². The van der Waals surface area contributed by atoms with Crippen LogP contribution in [0.15, 0.2) is 41.7 Å². The molecule has 0 spiro atoms. The zero-order chi connectivity index (χ0) is 16.4. The summed E-state index contributed by atoms with van der Waals surface area (Å²) in [5.41, 5.74) is 1.60. The lowest BCUT2D eigenvalue weighted by Gasteiger charge is -2.17. The Morgan fingerprint density at radius 3 is 2.61 bits per heavy atom. The molecule has 0 saturated carbocycles. The second-order valence-electron chi connectivity index (χ2n) is 5.20. The number of hydrogen-bond donors (Lipinski definition) is 1. The van der Waals surface area contributed by atoms with Gasteiger partial charge in [-0.2, -0.15) is 13.2 Å². The Labute approximate surface area is 130 Å². The first kappa shape index (κ1) is 15.3. The van der Waals surface area contributed by atoms with Crippen LogP contribution in [-0.2, 0) is 12.6 Å². The molecule has 1 aliphatic carbocycles. The lowest BCUT2D eigenvalue weighted by molar-refractivity contribution is -0.137. The van der Waals surface area contributed by atoms with Crippen LogP contribution in [0.1, 0.15) is 29.5 Å². The average molecular weight is 322 g/mol. The lowest BCUT2D eigenvalue weighted by Crippen LogP contribution is -2.12. The predicted molar refractivity (Wildman–Crippen MR) is 77.0 cm³/mol. The Hall–Kier alpha value is -2.57. The number of ether oxygens (including phenoxy) is 1. The van der Waals surface area contributed by atoms with Gasteiger partial charge >= 0.3 is 6.18 Å². The van der Waals surface area contributed by atoms with E-state index >= 15 is 0 Å². The molecule has 4 nitrogen and oxygen atoms in total. The molecule has 1 heterocycles. The van der Waals surface area contributed by atoms with E-state index in [0.717, 1.165) is 36.2 Å². The van der Waals surface area contributed by atoms with Gasteiger partial charge in [0.2, 0.25) is 5.88 Å². The van der Waals surface area contributed by atoms with E-state index in [1.807, 2.05) is 6.07 Å². The fourth-order valence-electron chi connectivity index (χ4n) is 2.52. The number of alkyl halides is 3. The maximum absolute atomic E-state index is 12.5. The van der Waals surface area contributed by atoms with Crippen molar-refractivity contribution in [2.45, 2.75) is 25.4 Å². The summed E-state index contributed by atoms with van der Waals surface area (Å²) in [6, 6.07) is 7.38. The van der Waals surface area contributed by atoms with Gasteiger partial charge in [-0.15, -0.1) is 0 Å². The summed E-state index contributed by atoms with van der Waals surface area (Å²) in [6.45, 7) is 0. The minimum absolute atomic E-state index is 0.0660. The second kappa shape index (κ2) is 5.91. The van der Waals surface area contributed by atoms with E-state index in [1.165, 1.54) is 6.07 Å². The summed E-state index contributed by atoms with van der Waals surface area (Å²) < 4.78 is 43.0. The van der Waals surface area contributed by atoms with E-state index < -0.39 is 11.7 Å². The number of aryl methyl sites for hydroxylation is 1. The minimum atomic E-state index is -4.43. The summed E-state index contributed by atoms with van der Waals surface area (Å²) >= 11 is 0. The van der Waals surface area contributed by atoms with Gasteiger partial charge in [0.25, 0.3) is 0 Å². The fraction of sp³-hybridized carbons (Fsp3) is 0.250. The van der Waals surface area contributed by atoms with Crippen molar-refractivity contribution in [1.29, 1.82) is 0 Å². The van der Waals surface area contributed by atoms with Crippen LogP contribution in [0.25, 0.3) is 0 Å². The maximum atomic E-state index is 12.5. The molecule has 0 radical (unpaired) electrons. The average Bonchev–Trinajstić information content (AvgIpc) is 2.54. The van der Waals surface area contributed by atoms with E-state index in [0.29, 0.717) is 17.9 Å². The summed E-state index contributed by atoms with van der Waals surface area (Å²) in [5.74, 6) is 0.496. The molecule has 2 aromatic rings. The standard InChI is InChI=1S/C16H13F3N2O2/c17-16(18,19)11-5-7-15(20-9-11)23-12-6-4-10-2-1-3-14(21-22)13(10)8-12/h4-9,22H,1-3H2. The molecule has 0 bridgehead atoms. The van der Waals surface area contributed by atoms with E-state index in [2.05, 4.69) is 10.1 Å². The van der Waals surface area contributed by atoms with Crippen LogP contribution in [-0.4, -0.2) is 15.9 Å². The van der Waals surface area contributed by atoms with Crippen LogP contribution in [0.2, 0.25) is 0 Å². The topological polar surface area (TPSA) is 54.7 Å². The first-order chi connectivity index (χ1) is 11.0. The number of aromatic nitrogens is 1. The van der Waals surface area contributed by atoms with Crippen molar-refractivity contribution in [3.63, 3.8) is 0 Å². The minimum Gasteiger partial charge on any atom is -0.439 e. The molecular formula is C16H13F3N2O2. The number of pyridine rings is 1. The molecule has 1 aromatic carbocycles. The Kier molecular flexibility index (Phi) is 3.94. The van der Waals surface area contributed by atoms with Crippen molar-refractivity contribution >= 4 is 5.71 Å². The second-order valence-corrected chi connectivity index (χ2v) is 5.20. The highest BCUT2D eigenvalue weighted by Crippen LogP contribution is 2.31. The Balaban J connectivity index is 1.84. The maximum Gasteiger partial charge on any atom is 0.417 e. The van der Waals surface area contributed by atoms with Crippen LogP contribution >= 0.6 is 0 Å². The molecule has 7 heteroatoms. The molecule has 1 N–H and O–H groups in total. The molecule has 0 atom stereocenters. The predicted octanol–water partition coefficient (Wildman–Crippen LogP) is 4.41. The summed E-state index contributed by atoms with van der Waals surface area (Å²) in [7, 11) is 0. The van der Waals surface area contributed by atoms with Gasteiger partial charge in [0.15, 0.2) is 0 Å². The molecule has 0 saturated heterocycles. The van der Waals surface area contributed by atoms with Gasteiger partial charge < -0.3 is 9.94 Å². The number of fused-ring (bicyclic) bond motifs is 1. The molecule has 1 aromatic heterocycles. The first-order valence-electron chi connectivity index (χ1n) is 7.03. The highest BCUT2D eigenvalue weighted by atomic mass is 19.4. The number of nitrogens with zero attached hydrogens (tertiary/aromatic N) is 2. The van der Waals surface area contributed by atoms with E-state index in [9.17, 15) is 13.2 Å². The van der Waals surface area contributed by atoms with E-state index in [1.54, 1.807) is 12.1 Å². The molecule has 0 unspecified atom stereocenters. The SMILES string of the molecule is ON=C1CCCc2ccc(Oc3ccc(C(F)(F)F)cn3)cc21. The molecular weight excluding hydrogens is 309 g/mol. The van der Waals surface area contributed by atoms with Crippen molar-refractivity contribution in [3.8, 4) is 11.6 Å². The third kappa shape index (κ3) is 3.28. The Bertz CT molecular complexity index is 740. The van der Waals surface area contributed by atoms with Gasteiger partial charge in [-0.1, -0.05) is 11.2 Å². The highest BCUT2D eigenvalue weighted by molar-refractivity contribution is 6.02. The normalized spacial score (nSPS) is 16.2. The van der Waals surface area contributed by atoms with Crippen molar-refractivity contribution in [2.75, 3.05) is 0 Å². The van der Waals surface area contributed by atoms with Gasteiger partial charge in [0.1, 0.15) is 5.75 Å². The largest absolute Gasteiger partial charge is 0.439 e. The third-order valence-electron chi connectivity index (χ3n) is 3.66. The smallest absolute Gasteiger partial charge is 0.417 e. The number of rotatable bonds is 2. The van der Waals surface area contributed by atoms with Crippen LogP contribution < -0.4 is 4.74 Å². The summed E-state index contributed by atoms with van der Waals surface area (Å²) in [4.78, 5) is 3.67. The monoisotopic (exact) mass is 322 g/mol. The lowest BCUT2D eigenvalue weighted by atomic mass is 9.90. The highest BCUT2D eigenvalue weighted by Gasteiger charge is 2.30. The summed E-state index contributed by atoms with van der Waals surface area (Å²) in [6.07, 6.45) is -1.23. The number of hydrogen-bond acceptors (Lipinski definition) is 4. The molecule has 120 valence electrons. The summed E-state index contributed by atoms with van der Waals surface area (Å²) in [5, 5.41) is 12.3. The molecule has 0 aliphatic heterocycles. The van der Waals surface area contributed by atoms with Crippen LogP contribution in [0.5, 0.6) is 11.6 Å². The number of oxime groups is 1. The third-order valence-corrected chi connectivity index (χ3v) is 3.66. The van der Waals surface area contributed by atoms with Gasteiger partial charge in [0.05, 0.1) is 11.3 Å². The zero-order valence-electron chi connectivity index (χ0n) is 12.0. The Morgan fingerprint density at radius 1 is 1.13 bits per heavy atom. The first-order valence-corrected chi connectivity index (χ1v) is 7.03. The van der Waals surface area contributed by atoms with Crippen molar-refractivity contribution in [2.24, 2.45) is 5.16 Å². The molecule has 0 fully saturated rings. The van der Waals surface area contributed by atoms with Crippen LogP contribution in [0.4, 0.5) is 13.2 Å². The molecule has 3 rings (SSSR count). The van der Waals surface area contributed by atoms with Gasteiger partial charge in [-0.3, -0.25) is 0 Å². The van der Waals surface area contributed by atoms with E-state index in [4.69, 9.17) is 9.94 Å². The van der Waals surface area contributed by atoms with Gasteiger partial charge in [-0.25, -0.2) is 4.98 Å². The quantitative estimate of drug-likeness (QED) is 0.658. The Morgan fingerprint density at radius 2 is 1.96 bits per heavy atom. The fourth-order valence-corrected chi connectivity index (χ4v) is 2.52. The molecule has 23 heavy (non-hydrogen) atoms. The number of benzene rings is 1. The van der Waals surface area contributed by atoms with Crippen molar-refractivity contribution in [1.82, 2.24) is 4.98 Å².